The predicted octanol–water partition coefficient (Wildman–Crippen LogP) is 2.57. The second kappa shape index (κ2) is 3.65. The first-order valence-electron chi connectivity index (χ1n) is 5.30. The van der Waals surface area contributed by atoms with Gasteiger partial charge in [0.1, 0.15) is 6.61 Å². The van der Waals surface area contributed by atoms with Gasteiger partial charge in [0, 0.05) is 11.8 Å². The summed E-state index contributed by atoms with van der Waals surface area (Å²) in [6, 6.07) is 0. The Morgan fingerprint density at radius 1 is 1.60 bits per heavy atom. The predicted molar refractivity (Wildman–Crippen MR) is 56.8 cm³/mol. The molecule has 2 rings (SSSR count). The number of cyclic esters (lactones) is 1. The molecule has 0 aromatic carbocycles. The average Bonchev–Trinajstić information content (AvgIpc) is 2.61. The average molecular weight is 205 g/mol. The van der Waals surface area contributed by atoms with E-state index < -0.39 is 0 Å². The molecule has 0 amide bonds. The zero-order valence-electron chi connectivity index (χ0n) is 9.33. The largest absolute Gasteiger partial charge is 0.457 e. The van der Waals surface area contributed by atoms with Gasteiger partial charge in [0.2, 0.25) is 0 Å². The molecule has 1 aliphatic heterocycles. The number of ether oxygens (including phenoxy) is 1. The Hall–Kier alpha value is -1.38. The second-order valence-corrected chi connectivity index (χ2v) is 4.07. The molecule has 1 aromatic heterocycles. The Bertz CT molecular complexity index is 412. The molecular formula is C12H15NO2. The number of hydrogen-bond donors (Lipinski definition) is 0. The number of carbonyl (C=O) groups is 1. The third-order valence-electron chi connectivity index (χ3n) is 3.03. The highest BCUT2D eigenvalue weighted by atomic mass is 16.5. The number of esters is 1. The zero-order chi connectivity index (χ0) is 11.0. The fourth-order valence-corrected chi connectivity index (χ4v) is 1.93. The highest BCUT2D eigenvalue weighted by molar-refractivity contribution is 5.95. The minimum atomic E-state index is -0.200. The Balaban J connectivity index is 2.57. The fourth-order valence-electron chi connectivity index (χ4n) is 1.93. The monoisotopic (exact) mass is 205 g/mol. The number of hydrogen-bond acceptors (Lipinski definition) is 3. The SMILES string of the molecule is CCC(C)c1ncc(C)c2c1COC2=O. The molecule has 0 saturated heterocycles. The molecule has 2 heterocycles. The summed E-state index contributed by atoms with van der Waals surface area (Å²) in [6.07, 6.45) is 2.80. The van der Waals surface area contributed by atoms with Gasteiger partial charge in [-0.05, 0) is 24.8 Å². The molecule has 0 bridgehead atoms. The van der Waals surface area contributed by atoms with E-state index in [0.717, 1.165) is 28.8 Å². The van der Waals surface area contributed by atoms with E-state index in [0.29, 0.717) is 12.5 Å². The maximum absolute atomic E-state index is 11.5. The lowest BCUT2D eigenvalue weighted by atomic mass is 9.95. The van der Waals surface area contributed by atoms with Gasteiger partial charge in [-0.3, -0.25) is 4.98 Å². The summed E-state index contributed by atoms with van der Waals surface area (Å²) in [4.78, 5) is 15.9. The summed E-state index contributed by atoms with van der Waals surface area (Å²) in [5, 5.41) is 0. The van der Waals surface area contributed by atoms with Gasteiger partial charge in [0.25, 0.3) is 0 Å². The molecule has 0 radical (unpaired) electrons. The van der Waals surface area contributed by atoms with E-state index in [1.165, 1.54) is 0 Å². The Morgan fingerprint density at radius 3 is 3.00 bits per heavy atom. The van der Waals surface area contributed by atoms with Crippen LogP contribution in [0.25, 0.3) is 0 Å². The quantitative estimate of drug-likeness (QED) is 0.696. The lowest BCUT2D eigenvalue weighted by molar-refractivity contribution is 0.0534. The van der Waals surface area contributed by atoms with E-state index in [2.05, 4.69) is 18.8 Å². The fraction of sp³-hybridized carbons (Fsp3) is 0.500. The third kappa shape index (κ3) is 1.52. The lowest BCUT2D eigenvalue weighted by Gasteiger charge is -2.12. The van der Waals surface area contributed by atoms with Gasteiger partial charge in [-0.15, -0.1) is 0 Å². The van der Waals surface area contributed by atoms with Crippen LogP contribution in [0.4, 0.5) is 0 Å². The van der Waals surface area contributed by atoms with Crippen molar-refractivity contribution in [3.05, 3.63) is 28.6 Å². The van der Waals surface area contributed by atoms with Gasteiger partial charge in [-0.25, -0.2) is 4.79 Å². The molecule has 1 unspecified atom stereocenters. The van der Waals surface area contributed by atoms with Gasteiger partial charge in [0.05, 0.1) is 11.3 Å². The van der Waals surface area contributed by atoms with Crippen molar-refractivity contribution < 1.29 is 9.53 Å². The van der Waals surface area contributed by atoms with E-state index in [4.69, 9.17) is 4.74 Å². The molecular weight excluding hydrogens is 190 g/mol. The molecule has 1 atom stereocenters. The van der Waals surface area contributed by atoms with Crippen molar-refractivity contribution in [2.45, 2.75) is 39.7 Å². The maximum Gasteiger partial charge on any atom is 0.339 e. The minimum absolute atomic E-state index is 0.200. The molecule has 3 heteroatoms. The first-order chi connectivity index (χ1) is 7.15. The molecule has 0 saturated carbocycles. The molecule has 0 spiro atoms. The van der Waals surface area contributed by atoms with Crippen LogP contribution < -0.4 is 0 Å². The van der Waals surface area contributed by atoms with Crippen LogP contribution >= 0.6 is 0 Å². The normalized spacial score (nSPS) is 16.1. The number of fused-ring (bicyclic) bond motifs is 1. The van der Waals surface area contributed by atoms with Crippen LogP contribution in [0.5, 0.6) is 0 Å². The molecule has 3 nitrogen and oxygen atoms in total. The maximum atomic E-state index is 11.5. The molecule has 1 aliphatic rings. The summed E-state index contributed by atoms with van der Waals surface area (Å²) >= 11 is 0. The second-order valence-electron chi connectivity index (χ2n) is 4.07. The Morgan fingerprint density at radius 2 is 2.33 bits per heavy atom. The Kier molecular flexibility index (Phi) is 2.47. The third-order valence-corrected chi connectivity index (χ3v) is 3.03. The van der Waals surface area contributed by atoms with Crippen molar-refractivity contribution >= 4 is 5.97 Å². The van der Waals surface area contributed by atoms with Gasteiger partial charge in [-0.1, -0.05) is 13.8 Å². The number of pyridine rings is 1. The topological polar surface area (TPSA) is 39.2 Å². The van der Waals surface area contributed by atoms with Crippen LogP contribution in [-0.2, 0) is 11.3 Å². The highest BCUT2D eigenvalue weighted by Crippen LogP contribution is 2.30. The van der Waals surface area contributed by atoms with Crippen molar-refractivity contribution in [2.75, 3.05) is 0 Å². The van der Waals surface area contributed by atoms with Crippen molar-refractivity contribution in [2.24, 2.45) is 0 Å². The van der Waals surface area contributed by atoms with Crippen LogP contribution in [0.1, 0.15) is 53.4 Å². The van der Waals surface area contributed by atoms with Gasteiger partial charge < -0.3 is 4.74 Å². The van der Waals surface area contributed by atoms with Crippen LogP contribution in [0.15, 0.2) is 6.20 Å². The van der Waals surface area contributed by atoms with E-state index >= 15 is 0 Å². The number of nitrogens with zero attached hydrogens (tertiary/aromatic N) is 1. The minimum Gasteiger partial charge on any atom is -0.457 e. The molecule has 15 heavy (non-hydrogen) atoms. The summed E-state index contributed by atoms with van der Waals surface area (Å²) in [5.41, 5.74) is 3.66. The molecule has 1 aromatic rings. The van der Waals surface area contributed by atoms with E-state index in [9.17, 15) is 4.79 Å². The Labute approximate surface area is 89.5 Å². The standard InChI is InChI=1S/C12H15NO2/c1-4-7(2)11-9-6-15-12(14)10(9)8(3)5-13-11/h5,7H,4,6H2,1-3H3. The van der Waals surface area contributed by atoms with Crippen LogP contribution in [0, 0.1) is 6.92 Å². The van der Waals surface area contributed by atoms with E-state index in [1.54, 1.807) is 6.20 Å². The summed E-state index contributed by atoms with van der Waals surface area (Å²) in [5.74, 6) is 0.184. The zero-order valence-corrected chi connectivity index (χ0v) is 9.33. The number of aryl methyl sites for hydroxylation is 1. The van der Waals surface area contributed by atoms with Gasteiger partial charge >= 0.3 is 5.97 Å². The van der Waals surface area contributed by atoms with Crippen molar-refractivity contribution in [1.29, 1.82) is 0 Å². The molecule has 80 valence electrons. The van der Waals surface area contributed by atoms with E-state index in [1.807, 2.05) is 6.92 Å². The smallest absolute Gasteiger partial charge is 0.339 e. The lowest BCUT2D eigenvalue weighted by Crippen LogP contribution is -2.04. The highest BCUT2D eigenvalue weighted by Gasteiger charge is 2.28. The van der Waals surface area contributed by atoms with Crippen LogP contribution in [-0.4, -0.2) is 11.0 Å². The number of rotatable bonds is 2. The molecule has 0 N–H and O–H groups in total. The van der Waals surface area contributed by atoms with Crippen molar-refractivity contribution in [3.8, 4) is 0 Å². The first kappa shape index (κ1) is 10.1. The summed E-state index contributed by atoms with van der Waals surface area (Å²) < 4.78 is 5.06. The number of aromatic nitrogens is 1. The van der Waals surface area contributed by atoms with Gasteiger partial charge in [-0.2, -0.15) is 0 Å². The molecule has 0 fully saturated rings. The van der Waals surface area contributed by atoms with E-state index in [-0.39, 0.29) is 5.97 Å². The first-order valence-corrected chi connectivity index (χ1v) is 5.30. The van der Waals surface area contributed by atoms with Gasteiger partial charge in [0.15, 0.2) is 0 Å². The number of carbonyl (C=O) groups excluding carboxylic acids is 1. The molecule has 0 aliphatic carbocycles. The van der Waals surface area contributed by atoms with Crippen LogP contribution in [0.3, 0.4) is 0 Å². The summed E-state index contributed by atoms with van der Waals surface area (Å²) in [6.45, 7) is 6.54. The van der Waals surface area contributed by atoms with Crippen molar-refractivity contribution in [3.63, 3.8) is 0 Å². The summed E-state index contributed by atoms with van der Waals surface area (Å²) in [7, 11) is 0. The van der Waals surface area contributed by atoms with Crippen molar-refractivity contribution in [1.82, 2.24) is 4.98 Å². The van der Waals surface area contributed by atoms with Crippen LogP contribution in [0.2, 0.25) is 0 Å².